The van der Waals surface area contributed by atoms with Gasteiger partial charge in [-0.1, -0.05) is 81.4 Å². The van der Waals surface area contributed by atoms with Crippen molar-refractivity contribution in [3.63, 3.8) is 0 Å². The van der Waals surface area contributed by atoms with Gasteiger partial charge in [0, 0.05) is 0 Å². The van der Waals surface area contributed by atoms with Gasteiger partial charge in [0.15, 0.2) is 0 Å². The molecule has 0 aliphatic carbocycles. The van der Waals surface area contributed by atoms with Crippen molar-refractivity contribution < 1.29 is 14.0 Å². The predicted octanol–water partition coefficient (Wildman–Crippen LogP) is 3.66. The molecule has 5 nitrogen and oxygen atoms in total. The van der Waals surface area contributed by atoms with E-state index < -0.39 is 14.3 Å². The van der Waals surface area contributed by atoms with Gasteiger partial charge in [-0.15, -0.1) is 0 Å². The summed E-state index contributed by atoms with van der Waals surface area (Å²) in [7, 11) is -2.64. The minimum absolute atomic E-state index is 0.115. The Morgan fingerprint density at radius 2 is 1.55 bits per heavy atom. The van der Waals surface area contributed by atoms with Crippen LogP contribution in [0.3, 0.4) is 0 Å². The van der Waals surface area contributed by atoms with Crippen LogP contribution in [-0.4, -0.2) is 31.1 Å². The van der Waals surface area contributed by atoms with Crippen molar-refractivity contribution in [1.82, 2.24) is 10.2 Å². The van der Waals surface area contributed by atoms with Crippen molar-refractivity contribution >= 4 is 24.7 Å². The molecule has 3 rings (SSSR count). The first-order valence-electron chi connectivity index (χ1n) is 9.85. The number of aromatic nitrogens is 2. The van der Waals surface area contributed by atoms with E-state index in [1.54, 1.807) is 13.0 Å². The molecule has 0 amide bonds. The molecule has 29 heavy (non-hydrogen) atoms. The highest BCUT2D eigenvalue weighted by Gasteiger charge is 2.50. The number of hydrogen-bond donors (Lipinski definition) is 1. The summed E-state index contributed by atoms with van der Waals surface area (Å²) in [6.45, 7) is 9.10. The van der Waals surface area contributed by atoms with E-state index in [-0.39, 0.29) is 5.04 Å². The van der Waals surface area contributed by atoms with Gasteiger partial charge < -0.3 is 9.16 Å². The zero-order valence-corrected chi connectivity index (χ0v) is 18.4. The number of hydrogen-bond acceptors (Lipinski definition) is 4. The van der Waals surface area contributed by atoms with Crippen LogP contribution in [0.4, 0.5) is 0 Å². The molecule has 0 aliphatic heterocycles. The van der Waals surface area contributed by atoms with Gasteiger partial charge in [-0.2, -0.15) is 5.10 Å². The van der Waals surface area contributed by atoms with Crippen LogP contribution >= 0.6 is 0 Å². The third-order valence-corrected chi connectivity index (χ3v) is 9.96. The molecule has 0 unspecified atom stereocenters. The van der Waals surface area contributed by atoms with Crippen molar-refractivity contribution in [3.8, 4) is 0 Å². The Morgan fingerprint density at radius 1 is 1.00 bits per heavy atom. The lowest BCUT2D eigenvalue weighted by molar-refractivity contribution is 0.0519. The summed E-state index contributed by atoms with van der Waals surface area (Å²) in [4.78, 5) is 11.9. The van der Waals surface area contributed by atoms with E-state index in [1.807, 2.05) is 12.1 Å². The smallest absolute Gasteiger partial charge is 0.356 e. The Hall–Kier alpha value is -2.70. The van der Waals surface area contributed by atoms with E-state index in [9.17, 15) is 4.79 Å². The largest absolute Gasteiger partial charge is 0.461 e. The topological polar surface area (TPSA) is 64.2 Å². The van der Waals surface area contributed by atoms with Crippen LogP contribution in [0.5, 0.6) is 0 Å². The molecule has 0 fully saturated rings. The molecule has 0 aliphatic rings. The monoisotopic (exact) mass is 408 g/mol. The second-order valence-corrected chi connectivity index (χ2v) is 12.3. The van der Waals surface area contributed by atoms with E-state index in [2.05, 4.69) is 79.5 Å². The normalized spacial score (nSPS) is 12.0. The molecule has 1 N–H and O–H groups in total. The summed E-state index contributed by atoms with van der Waals surface area (Å²) in [6, 6.07) is 22.6. The van der Waals surface area contributed by atoms with E-state index in [0.29, 0.717) is 24.6 Å². The van der Waals surface area contributed by atoms with Crippen molar-refractivity contribution in [2.24, 2.45) is 0 Å². The average molecular weight is 409 g/mol. The first-order chi connectivity index (χ1) is 13.9. The third kappa shape index (κ3) is 4.33. The molecule has 2 aromatic carbocycles. The molecular weight excluding hydrogens is 380 g/mol. The number of carbonyl (C=O) groups is 1. The fourth-order valence-corrected chi connectivity index (χ4v) is 8.21. The van der Waals surface area contributed by atoms with Crippen molar-refractivity contribution in [3.05, 3.63) is 78.1 Å². The number of nitrogens with one attached hydrogen (secondary N) is 1. The number of aromatic amines is 1. The highest BCUT2D eigenvalue weighted by Crippen LogP contribution is 2.37. The minimum Gasteiger partial charge on any atom is -0.461 e. The summed E-state index contributed by atoms with van der Waals surface area (Å²) >= 11 is 0. The number of H-pyrrole nitrogens is 1. The summed E-state index contributed by atoms with van der Waals surface area (Å²) < 4.78 is 11.8. The molecule has 6 heteroatoms. The van der Waals surface area contributed by atoms with Crippen LogP contribution in [0.15, 0.2) is 66.7 Å². The van der Waals surface area contributed by atoms with Gasteiger partial charge in [-0.3, -0.25) is 5.10 Å². The van der Waals surface area contributed by atoms with Gasteiger partial charge in [0.25, 0.3) is 8.32 Å². The standard InChI is InChI=1S/C23H28N2O3Si/c1-5-27-22(26)21-16-18(24-25-21)17-28-29(23(2,3)4,19-12-8-6-9-13-19)20-14-10-7-11-15-20/h6-16H,5,17H2,1-4H3,(H,24,25). The second kappa shape index (κ2) is 8.76. The molecule has 152 valence electrons. The lowest BCUT2D eigenvalue weighted by Crippen LogP contribution is -2.66. The maximum atomic E-state index is 11.9. The molecular formula is C23H28N2O3Si. The molecule has 1 aromatic heterocycles. The van der Waals surface area contributed by atoms with Gasteiger partial charge >= 0.3 is 5.97 Å². The number of nitrogens with zero attached hydrogens (tertiary/aromatic N) is 1. The lowest BCUT2D eigenvalue weighted by atomic mass is 10.2. The minimum atomic E-state index is -2.64. The zero-order chi connectivity index (χ0) is 20.9. The van der Waals surface area contributed by atoms with E-state index in [1.165, 1.54) is 10.4 Å². The van der Waals surface area contributed by atoms with Crippen LogP contribution in [0.25, 0.3) is 0 Å². The van der Waals surface area contributed by atoms with Crippen LogP contribution in [0.2, 0.25) is 5.04 Å². The number of rotatable bonds is 7. The van der Waals surface area contributed by atoms with E-state index in [4.69, 9.17) is 9.16 Å². The number of ether oxygens (including phenoxy) is 1. The van der Waals surface area contributed by atoms with E-state index >= 15 is 0 Å². The Balaban J connectivity index is 1.99. The SMILES string of the molecule is CCOC(=O)c1cc(CO[Si](c2ccccc2)(c2ccccc2)C(C)(C)C)n[nH]1. The molecule has 0 saturated carbocycles. The van der Waals surface area contributed by atoms with E-state index in [0.717, 1.165) is 0 Å². The van der Waals surface area contributed by atoms with Gasteiger partial charge in [0.2, 0.25) is 0 Å². The Bertz CT molecular complexity index is 894. The highest BCUT2D eigenvalue weighted by molar-refractivity contribution is 6.99. The number of benzene rings is 2. The molecule has 0 bridgehead atoms. The lowest BCUT2D eigenvalue weighted by Gasteiger charge is -2.42. The van der Waals surface area contributed by atoms with Crippen LogP contribution in [0, 0.1) is 0 Å². The average Bonchev–Trinajstić information content (AvgIpc) is 3.18. The molecule has 1 heterocycles. The Labute approximate surface area is 173 Å². The summed E-state index contributed by atoms with van der Waals surface area (Å²) in [5, 5.41) is 9.32. The van der Waals surface area contributed by atoms with Crippen molar-refractivity contribution in [2.75, 3.05) is 6.61 Å². The predicted molar refractivity (Wildman–Crippen MR) is 117 cm³/mol. The van der Waals surface area contributed by atoms with Crippen molar-refractivity contribution in [2.45, 2.75) is 39.3 Å². The summed E-state index contributed by atoms with van der Waals surface area (Å²) in [6.07, 6.45) is 0. The molecule has 0 saturated heterocycles. The summed E-state index contributed by atoms with van der Waals surface area (Å²) in [5.74, 6) is -0.406. The fourth-order valence-electron chi connectivity index (χ4n) is 3.69. The summed E-state index contributed by atoms with van der Waals surface area (Å²) in [5.41, 5.74) is 1.02. The fraction of sp³-hybridized carbons (Fsp3) is 0.304. The maximum absolute atomic E-state index is 11.9. The van der Waals surface area contributed by atoms with Gasteiger partial charge in [0.1, 0.15) is 5.69 Å². The van der Waals surface area contributed by atoms with Crippen LogP contribution in [0.1, 0.15) is 43.9 Å². The molecule has 0 radical (unpaired) electrons. The molecule has 0 spiro atoms. The Morgan fingerprint density at radius 3 is 2.03 bits per heavy atom. The number of carbonyl (C=O) groups excluding carboxylic acids is 1. The molecule has 0 atom stereocenters. The Kier molecular flexibility index (Phi) is 6.35. The van der Waals surface area contributed by atoms with Gasteiger partial charge in [-0.05, 0) is 28.4 Å². The first-order valence-corrected chi connectivity index (χ1v) is 11.8. The van der Waals surface area contributed by atoms with Gasteiger partial charge in [-0.25, -0.2) is 4.79 Å². The maximum Gasteiger partial charge on any atom is 0.356 e. The highest BCUT2D eigenvalue weighted by atomic mass is 28.4. The van der Waals surface area contributed by atoms with Crippen LogP contribution in [-0.2, 0) is 15.8 Å². The van der Waals surface area contributed by atoms with Crippen molar-refractivity contribution in [1.29, 1.82) is 0 Å². The number of esters is 1. The second-order valence-electron chi connectivity index (χ2n) is 7.95. The first kappa shape index (κ1) is 21.0. The van der Waals surface area contributed by atoms with Gasteiger partial charge in [0.05, 0.1) is 18.9 Å². The molecule has 3 aromatic rings. The quantitative estimate of drug-likeness (QED) is 0.479. The zero-order valence-electron chi connectivity index (χ0n) is 17.4. The van der Waals surface area contributed by atoms with Crippen LogP contribution < -0.4 is 10.4 Å². The third-order valence-electron chi connectivity index (χ3n) is 4.98.